The third kappa shape index (κ3) is 3.48. The molecule has 1 N–H and O–H groups in total. The molecule has 0 saturated heterocycles. The van der Waals surface area contributed by atoms with Gasteiger partial charge in [-0.05, 0) is 29.7 Å². The molecule has 0 aliphatic carbocycles. The number of carbonyl (C=O) groups excluding carboxylic acids is 1. The van der Waals surface area contributed by atoms with Gasteiger partial charge >= 0.3 is 0 Å². The molecule has 0 aliphatic rings. The largest absolute Gasteiger partial charge is 0.347 e. The lowest BCUT2D eigenvalue weighted by molar-refractivity contribution is 0.0953. The highest BCUT2D eigenvalue weighted by Gasteiger charge is 2.20. The molecule has 3 heterocycles. The summed E-state index contributed by atoms with van der Waals surface area (Å²) in [5.41, 5.74) is 1.81. The highest BCUT2D eigenvalue weighted by Crippen LogP contribution is 2.27. The fraction of sp³-hybridized carbons (Fsp3) is 0.235. The lowest BCUT2D eigenvalue weighted by Gasteiger charge is -2.06. The van der Waals surface area contributed by atoms with Crippen molar-refractivity contribution >= 4 is 17.2 Å². The van der Waals surface area contributed by atoms with Gasteiger partial charge in [0.05, 0.1) is 5.69 Å². The average molecular weight is 326 g/mol. The summed E-state index contributed by atoms with van der Waals surface area (Å²) in [6, 6.07) is 7.68. The van der Waals surface area contributed by atoms with Gasteiger partial charge in [0.15, 0.2) is 5.13 Å². The van der Waals surface area contributed by atoms with Gasteiger partial charge in [-0.3, -0.25) is 9.78 Å². The van der Waals surface area contributed by atoms with Crippen molar-refractivity contribution in [3.63, 3.8) is 0 Å². The Kier molecular flexibility index (Phi) is 4.52. The lowest BCUT2D eigenvalue weighted by atomic mass is 10.1. The molecule has 0 atom stereocenters. The second-order valence-corrected chi connectivity index (χ2v) is 6.48. The Balaban J connectivity index is 1.81. The van der Waals surface area contributed by atoms with Crippen LogP contribution in [0.25, 0.3) is 5.13 Å². The van der Waals surface area contributed by atoms with E-state index in [1.54, 1.807) is 12.4 Å². The molecule has 3 aromatic heterocycles. The van der Waals surface area contributed by atoms with Gasteiger partial charge < -0.3 is 9.88 Å². The smallest absolute Gasteiger partial charge is 0.263 e. The van der Waals surface area contributed by atoms with E-state index in [9.17, 15) is 4.79 Å². The molecule has 3 aromatic rings. The van der Waals surface area contributed by atoms with Crippen molar-refractivity contribution in [3.05, 3.63) is 65.2 Å². The zero-order valence-corrected chi connectivity index (χ0v) is 13.9. The Morgan fingerprint density at radius 1 is 1.30 bits per heavy atom. The van der Waals surface area contributed by atoms with Crippen LogP contribution in [0.2, 0.25) is 0 Å². The fourth-order valence-electron chi connectivity index (χ4n) is 2.21. The number of amides is 1. The van der Waals surface area contributed by atoms with Gasteiger partial charge in [-0.2, -0.15) is 0 Å². The summed E-state index contributed by atoms with van der Waals surface area (Å²) >= 11 is 1.41. The molecular weight excluding hydrogens is 308 g/mol. The van der Waals surface area contributed by atoms with Gasteiger partial charge in [-0.15, -0.1) is 0 Å². The molecule has 0 bridgehead atoms. The van der Waals surface area contributed by atoms with Crippen molar-refractivity contribution in [2.24, 2.45) is 0 Å². The standard InChI is InChI=1S/C17H18N4OS/c1-12(2)14-15(23-17(20-14)21-8-3-4-9-21)16(22)19-11-13-6-5-7-18-10-13/h3-10,12H,11H2,1-2H3,(H,19,22). The van der Waals surface area contributed by atoms with E-state index in [-0.39, 0.29) is 11.8 Å². The number of aromatic nitrogens is 3. The number of pyridine rings is 1. The van der Waals surface area contributed by atoms with E-state index < -0.39 is 0 Å². The van der Waals surface area contributed by atoms with E-state index in [2.05, 4.69) is 15.3 Å². The maximum absolute atomic E-state index is 12.6. The average Bonchev–Trinajstić information content (AvgIpc) is 3.22. The summed E-state index contributed by atoms with van der Waals surface area (Å²) < 4.78 is 1.93. The molecule has 0 unspecified atom stereocenters. The van der Waals surface area contributed by atoms with Crippen LogP contribution < -0.4 is 5.32 Å². The summed E-state index contributed by atoms with van der Waals surface area (Å²) in [5.74, 6) is 0.100. The third-order valence-corrected chi connectivity index (χ3v) is 4.48. The topological polar surface area (TPSA) is 59.8 Å². The van der Waals surface area contributed by atoms with Crippen molar-refractivity contribution in [3.8, 4) is 5.13 Å². The van der Waals surface area contributed by atoms with E-state index in [1.165, 1.54) is 11.3 Å². The molecule has 0 aromatic carbocycles. The number of hydrogen-bond donors (Lipinski definition) is 1. The van der Waals surface area contributed by atoms with Gasteiger partial charge in [0, 0.05) is 31.3 Å². The molecule has 1 amide bonds. The third-order valence-electron chi connectivity index (χ3n) is 3.40. The summed E-state index contributed by atoms with van der Waals surface area (Å²) in [5, 5.41) is 3.76. The molecule has 118 valence electrons. The molecule has 3 rings (SSSR count). The second-order valence-electron chi connectivity index (χ2n) is 5.50. The number of nitrogens with one attached hydrogen (secondary N) is 1. The highest BCUT2D eigenvalue weighted by atomic mass is 32.1. The van der Waals surface area contributed by atoms with E-state index in [0.29, 0.717) is 11.4 Å². The first kappa shape index (κ1) is 15.4. The fourth-order valence-corrected chi connectivity index (χ4v) is 3.32. The number of rotatable bonds is 5. The van der Waals surface area contributed by atoms with Gasteiger partial charge in [-0.25, -0.2) is 4.98 Å². The zero-order chi connectivity index (χ0) is 16.2. The predicted molar refractivity (Wildman–Crippen MR) is 90.9 cm³/mol. The minimum Gasteiger partial charge on any atom is -0.347 e. The van der Waals surface area contributed by atoms with Crippen molar-refractivity contribution in [1.82, 2.24) is 19.9 Å². The molecule has 0 spiro atoms. The molecule has 6 heteroatoms. The Morgan fingerprint density at radius 2 is 2.09 bits per heavy atom. The van der Waals surface area contributed by atoms with Crippen LogP contribution in [0.15, 0.2) is 49.1 Å². The van der Waals surface area contributed by atoms with Gasteiger partial charge in [0.2, 0.25) is 0 Å². The molecule has 0 fully saturated rings. The van der Waals surface area contributed by atoms with E-state index in [0.717, 1.165) is 16.4 Å². The first-order valence-corrected chi connectivity index (χ1v) is 8.28. The SMILES string of the molecule is CC(C)c1nc(-n2cccc2)sc1C(=O)NCc1cccnc1. The van der Waals surface area contributed by atoms with Crippen LogP contribution in [0, 0.1) is 0 Å². The van der Waals surface area contributed by atoms with Crippen molar-refractivity contribution < 1.29 is 4.79 Å². The van der Waals surface area contributed by atoms with Gasteiger partial charge in [0.25, 0.3) is 5.91 Å². The maximum Gasteiger partial charge on any atom is 0.263 e. The summed E-state index contributed by atoms with van der Waals surface area (Å²) in [6.07, 6.45) is 7.33. The van der Waals surface area contributed by atoms with E-state index >= 15 is 0 Å². The highest BCUT2D eigenvalue weighted by molar-refractivity contribution is 7.16. The zero-order valence-electron chi connectivity index (χ0n) is 13.1. The lowest BCUT2D eigenvalue weighted by Crippen LogP contribution is -2.23. The number of carbonyl (C=O) groups is 1. The number of nitrogens with zero attached hydrogens (tertiary/aromatic N) is 3. The molecule has 5 nitrogen and oxygen atoms in total. The number of thiazole rings is 1. The Hall–Kier alpha value is -2.47. The monoisotopic (exact) mass is 326 g/mol. The molecule has 0 radical (unpaired) electrons. The van der Waals surface area contributed by atoms with Crippen LogP contribution in [-0.2, 0) is 6.54 Å². The van der Waals surface area contributed by atoms with Crippen LogP contribution in [-0.4, -0.2) is 20.4 Å². The van der Waals surface area contributed by atoms with Crippen LogP contribution in [0.4, 0.5) is 0 Å². The number of hydrogen-bond acceptors (Lipinski definition) is 4. The van der Waals surface area contributed by atoms with Crippen molar-refractivity contribution in [2.75, 3.05) is 0 Å². The Morgan fingerprint density at radius 3 is 2.74 bits per heavy atom. The molecule has 0 aliphatic heterocycles. The summed E-state index contributed by atoms with van der Waals surface area (Å²) in [4.78, 5) is 21.9. The minimum atomic E-state index is -0.0894. The normalized spacial score (nSPS) is 10.9. The van der Waals surface area contributed by atoms with Gasteiger partial charge in [-0.1, -0.05) is 31.3 Å². The van der Waals surface area contributed by atoms with E-state index in [4.69, 9.17) is 0 Å². The molecule has 0 saturated carbocycles. The Labute approximate surface area is 139 Å². The first-order chi connectivity index (χ1) is 11.1. The van der Waals surface area contributed by atoms with Crippen LogP contribution in [0.3, 0.4) is 0 Å². The predicted octanol–water partition coefficient (Wildman–Crippen LogP) is 3.38. The van der Waals surface area contributed by atoms with Crippen LogP contribution >= 0.6 is 11.3 Å². The molecule has 23 heavy (non-hydrogen) atoms. The van der Waals surface area contributed by atoms with Gasteiger partial charge in [0.1, 0.15) is 4.88 Å². The minimum absolute atomic E-state index is 0.0894. The Bertz CT molecular complexity index is 778. The molecular formula is C17H18N4OS. The summed E-state index contributed by atoms with van der Waals surface area (Å²) in [6.45, 7) is 4.56. The van der Waals surface area contributed by atoms with Crippen molar-refractivity contribution in [2.45, 2.75) is 26.3 Å². The summed E-state index contributed by atoms with van der Waals surface area (Å²) in [7, 11) is 0. The van der Waals surface area contributed by atoms with Crippen LogP contribution in [0.5, 0.6) is 0 Å². The first-order valence-electron chi connectivity index (χ1n) is 7.46. The second kappa shape index (κ2) is 6.75. The van der Waals surface area contributed by atoms with Crippen molar-refractivity contribution in [1.29, 1.82) is 0 Å². The maximum atomic E-state index is 12.6. The quantitative estimate of drug-likeness (QED) is 0.782. The van der Waals surface area contributed by atoms with E-state index in [1.807, 2.05) is 55.1 Å². The van der Waals surface area contributed by atoms with Crippen LogP contribution in [0.1, 0.15) is 40.7 Å².